The highest BCUT2D eigenvalue weighted by Gasteiger charge is 2.57. The molecule has 2 unspecified atom stereocenters. The van der Waals surface area contributed by atoms with Crippen molar-refractivity contribution in [3.8, 4) is 0 Å². The maximum absolute atomic E-state index is 13.4. The fourth-order valence-electron chi connectivity index (χ4n) is 4.76. The highest BCUT2D eigenvalue weighted by molar-refractivity contribution is 9.10. The molecule has 0 aromatic heterocycles. The Labute approximate surface area is 195 Å². The third kappa shape index (κ3) is 3.86. The van der Waals surface area contributed by atoms with Crippen molar-refractivity contribution in [1.82, 2.24) is 0 Å². The second-order valence-corrected chi connectivity index (χ2v) is 10.1. The SMILES string of the molecule is CC(C)=CC1C(C(=O)c2ccccc2)CC1(c1ccc(Br)cc1)c1ccc(Br)cc1. The molecule has 0 bridgehead atoms. The van der Waals surface area contributed by atoms with Crippen LogP contribution in [0.1, 0.15) is 41.8 Å². The largest absolute Gasteiger partial charge is 0.294 e. The van der Waals surface area contributed by atoms with E-state index in [0.717, 1.165) is 20.9 Å². The van der Waals surface area contributed by atoms with Crippen LogP contribution < -0.4 is 0 Å². The first-order chi connectivity index (χ1) is 14.4. The average Bonchev–Trinajstić information content (AvgIpc) is 2.74. The minimum atomic E-state index is -0.215. The third-order valence-electron chi connectivity index (χ3n) is 6.17. The van der Waals surface area contributed by atoms with E-state index in [1.165, 1.54) is 16.7 Å². The van der Waals surface area contributed by atoms with Crippen molar-refractivity contribution in [2.45, 2.75) is 25.7 Å². The van der Waals surface area contributed by atoms with E-state index >= 15 is 0 Å². The lowest BCUT2D eigenvalue weighted by Crippen LogP contribution is -2.54. The predicted octanol–water partition coefficient (Wildman–Crippen LogP) is 7.98. The molecule has 0 saturated heterocycles. The van der Waals surface area contributed by atoms with E-state index in [1.807, 2.05) is 30.3 Å². The molecule has 152 valence electrons. The summed E-state index contributed by atoms with van der Waals surface area (Å²) >= 11 is 7.13. The lowest BCUT2D eigenvalue weighted by Gasteiger charge is -2.55. The zero-order chi connectivity index (χ0) is 21.3. The molecule has 2 atom stereocenters. The van der Waals surface area contributed by atoms with Crippen LogP contribution in [0.3, 0.4) is 0 Å². The fourth-order valence-corrected chi connectivity index (χ4v) is 5.29. The predicted molar refractivity (Wildman–Crippen MR) is 131 cm³/mol. The van der Waals surface area contributed by atoms with Gasteiger partial charge in [0.1, 0.15) is 0 Å². The van der Waals surface area contributed by atoms with Crippen LogP contribution in [-0.4, -0.2) is 5.78 Å². The number of ketones is 1. The maximum atomic E-state index is 13.4. The van der Waals surface area contributed by atoms with E-state index in [9.17, 15) is 4.79 Å². The van der Waals surface area contributed by atoms with Gasteiger partial charge in [-0.1, -0.05) is 98.1 Å². The van der Waals surface area contributed by atoms with Crippen LogP contribution in [0.15, 0.2) is 99.5 Å². The molecule has 3 heteroatoms. The molecule has 0 radical (unpaired) electrons. The van der Waals surface area contributed by atoms with Crippen molar-refractivity contribution in [2.75, 3.05) is 0 Å². The maximum Gasteiger partial charge on any atom is 0.166 e. The first kappa shape index (κ1) is 21.3. The quantitative estimate of drug-likeness (QED) is 0.244. The Kier molecular flexibility index (Phi) is 6.13. The molecule has 0 spiro atoms. The smallest absolute Gasteiger partial charge is 0.166 e. The Hall–Kier alpha value is -1.97. The molecule has 4 rings (SSSR count). The molecule has 3 aromatic carbocycles. The molecule has 1 nitrogen and oxygen atoms in total. The monoisotopic (exact) mass is 522 g/mol. The number of rotatable bonds is 5. The van der Waals surface area contributed by atoms with Crippen molar-refractivity contribution in [3.05, 3.63) is 116 Å². The number of allylic oxidation sites excluding steroid dienone is 2. The van der Waals surface area contributed by atoms with Gasteiger partial charge in [0.05, 0.1) is 0 Å². The molecule has 0 heterocycles. The van der Waals surface area contributed by atoms with Crippen LogP contribution in [0.5, 0.6) is 0 Å². The van der Waals surface area contributed by atoms with Gasteiger partial charge in [-0.25, -0.2) is 0 Å². The van der Waals surface area contributed by atoms with Crippen LogP contribution in [-0.2, 0) is 5.41 Å². The molecular weight excluding hydrogens is 500 g/mol. The fraction of sp³-hybridized carbons (Fsp3) is 0.222. The van der Waals surface area contributed by atoms with Gasteiger partial charge in [0.2, 0.25) is 0 Å². The van der Waals surface area contributed by atoms with Gasteiger partial charge in [0.25, 0.3) is 0 Å². The van der Waals surface area contributed by atoms with Gasteiger partial charge in [0.15, 0.2) is 5.78 Å². The van der Waals surface area contributed by atoms with E-state index < -0.39 is 0 Å². The third-order valence-corrected chi connectivity index (χ3v) is 7.23. The first-order valence-electron chi connectivity index (χ1n) is 10.2. The number of carbonyl (C=O) groups excluding carboxylic acids is 1. The van der Waals surface area contributed by atoms with Gasteiger partial charge < -0.3 is 0 Å². The van der Waals surface area contributed by atoms with Crippen LogP contribution in [0.4, 0.5) is 0 Å². The van der Waals surface area contributed by atoms with Gasteiger partial charge in [-0.2, -0.15) is 0 Å². The molecule has 3 aromatic rings. The summed E-state index contributed by atoms with van der Waals surface area (Å²) in [6, 6.07) is 26.9. The van der Waals surface area contributed by atoms with Gasteiger partial charge in [-0.3, -0.25) is 4.79 Å². The Bertz CT molecular complexity index is 1020. The average molecular weight is 524 g/mol. The summed E-state index contributed by atoms with van der Waals surface area (Å²) in [5.41, 5.74) is 4.34. The summed E-state index contributed by atoms with van der Waals surface area (Å²) < 4.78 is 2.12. The summed E-state index contributed by atoms with van der Waals surface area (Å²) in [5, 5.41) is 0. The lowest BCUT2D eigenvalue weighted by molar-refractivity contribution is 0.0598. The number of halogens is 2. The molecule has 1 aliphatic carbocycles. The van der Waals surface area contributed by atoms with Crippen LogP contribution >= 0.6 is 31.9 Å². The number of benzene rings is 3. The van der Waals surface area contributed by atoms with Gasteiger partial charge in [0, 0.05) is 31.8 Å². The number of Topliss-reactive ketones (excluding diaryl/α,β-unsaturated/α-hetero) is 1. The molecular formula is C27H24Br2O. The molecule has 1 saturated carbocycles. The van der Waals surface area contributed by atoms with Crippen molar-refractivity contribution < 1.29 is 4.79 Å². The summed E-state index contributed by atoms with van der Waals surface area (Å²) in [6.07, 6.45) is 3.11. The first-order valence-corrected chi connectivity index (χ1v) is 11.8. The lowest BCUT2D eigenvalue weighted by atomic mass is 9.47. The topological polar surface area (TPSA) is 17.1 Å². The van der Waals surface area contributed by atoms with E-state index in [4.69, 9.17) is 0 Å². The summed E-state index contributed by atoms with van der Waals surface area (Å²) in [6.45, 7) is 4.24. The van der Waals surface area contributed by atoms with Crippen molar-refractivity contribution in [3.63, 3.8) is 0 Å². The molecule has 0 aliphatic heterocycles. The minimum absolute atomic E-state index is 0.0328. The molecule has 0 N–H and O–H groups in total. The van der Waals surface area contributed by atoms with Gasteiger partial charge in [-0.05, 0) is 55.7 Å². The van der Waals surface area contributed by atoms with Crippen LogP contribution in [0, 0.1) is 11.8 Å². The summed E-state index contributed by atoms with van der Waals surface area (Å²) in [7, 11) is 0. The Morgan fingerprint density at radius 2 is 1.33 bits per heavy atom. The molecule has 30 heavy (non-hydrogen) atoms. The van der Waals surface area contributed by atoms with E-state index in [1.54, 1.807) is 0 Å². The highest BCUT2D eigenvalue weighted by Crippen LogP contribution is 2.58. The van der Waals surface area contributed by atoms with Crippen LogP contribution in [0.2, 0.25) is 0 Å². The van der Waals surface area contributed by atoms with Crippen molar-refractivity contribution in [2.24, 2.45) is 11.8 Å². The Morgan fingerprint density at radius 3 is 1.80 bits per heavy atom. The normalized spacial score (nSPS) is 19.6. The highest BCUT2D eigenvalue weighted by atomic mass is 79.9. The Morgan fingerprint density at radius 1 is 0.833 bits per heavy atom. The van der Waals surface area contributed by atoms with Crippen LogP contribution in [0.25, 0.3) is 0 Å². The van der Waals surface area contributed by atoms with Gasteiger partial charge in [-0.15, -0.1) is 0 Å². The standard InChI is InChI=1S/C27H24Br2O/c1-18(2)16-25-24(26(30)19-6-4-3-5-7-19)17-27(25,20-8-12-22(28)13-9-20)21-10-14-23(29)15-11-21/h3-16,24-25H,17H2,1-2H3. The summed E-state index contributed by atoms with van der Waals surface area (Å²) in [5.74, 6) is 0.315. The second-order valence-electron chi connectivity index (χ2n) is 8.30. The number of hydrogen-bond donors (Lipinski definition) is 0. The zero-order valence-electron chi connectivity index (χ0n) is 17.1. The Balaban J connectivity index is 1.84. The van der Waals surface area contributed by atoms with Crippen molar-refractivity contribution in [1.29, 1.82) is 0 Å². The summed E-state index contributed by atoms with van der Waals surface area (Å²) in [4.78, 5) is 13.4. The van der Waals surface area contributed by atoms with E-state index in [2.05, 4.69) is 100 Å². The van der Waals surface area contributed by atoms with Crippen molar-refractivity contribution >= 4 is 37.6 Å². The minimum Gasteiger partial charge on any atom is -0.294 e. The molecule has 0 amide bonds. The number of carbonyl (C=O) groups is 1. The van der Waals surface area contributed by atoms with E-state index in [0.29, 0.717) is 0 Å². The second kappa shape index (κ2) is 8.64. The van der Waals surface area contributed by atoms with Gasteiger partial charge >= 0.3 is 0 Å². The zero-order valence-corrected chi connectivity index (χ0v) is 20.3. The molecule has 1 aliphatic rings. The molecule has 1 fully saturated rings. The van der Waals surface area contributed by atoms with E-state index in [-0.39, 0.29) is 23.0 Å². The number of hydrogen-bond acceptors (Lipinski definition) is 1.